The van der Waals surface area contributed by atoms with Gasteiger partial charge in [0.15, 0.2) is 0 Å². The van der Waals surface area contributed by atoms with E-state index < -0.39 is 17.7 Å². The zero-order chi connectivity index (χ0) is 10.7. The maximum absolute atomic E-state index is 13.2. The van der Waals surface area contributed by atoms with E-state index in [2.05, 4.69) is 21.2 Å². The molecule has 0 aliphatic rings. The molecule has 0 fully saturated rings. The molecule has 2 N–H and O–H groups in total. The van der Waals surface area contributed by atoms with Crippen LogP contribution in [-0.4, -0.2) is 18.7 Å². The molecule has 0 saturated carbocycles. The number of halogens is 3. The van der Waals surface area contributed by atoms with Crippen LogP contribution in [-0.2, 0) is 0 Å². The van der Waals surface area contributed by atoms with Crippen LogP contribution >= 0.6 is 15.9 Å². The zero-order valence-electron chi connectivity index (χ0n) is 7.52. The van der Waals surface area contributed by atoms with Gasteiger partial charge in [-0.1, -0.05) is 15.9 Å². The summed E-state index contributed by atoms with van der Waals surface area (Å²) in [4.78, 5) is 0. The molecule has 0 heterocycles. The molecule has 1 atom stereocenters. The molecule has 2 nitrogen and oxygen atoms in total. The van der Waals surface area contributed by atoms with Gasteiger partial charge in [-0.2, -0.15) is 0 Å². The van der Waals surface area contributed by atoms with E-state index in [0.717, 1.165) is 12.1 Å². The second kappa shape index (κ2) is 4.82. The third-order valence-corrected chi connectivity index (χ3v) is 2.23. The lowest BCUT2D eigenvalue weighted by Crippen LogP contribution is -2.18. The topological polar surface area (TPSA) is 32.3 Å². The third-order valence-electron chi connectivity index (χ3n) is 1.77. The lowest BCUT2D eigenvalue weighted by Gasteiger charge is -2.12. The van der Waals surface area contributed by atoms with E-state index in [1.54, 1.807) is 7.05 Å². The minimum atomic E-state index is -1.17. The van der Waals surface area contributed by atoms with Gasteiger partial charge in [0.1, 0.15) is 11.6 Å². The predicted octanol–water partition coefficient (Wildman–Crippen LogP) is 1.98. The molecular formula is C9H10BrF2NO. The van der Waals surface area contributed by atoms with Crippen molar-refractivity contribution in [3.05, 3.63) is 33.8 Å². The Hall–Kier alpha value is -0.520. The van der Waals surface area contributed by atoms with Crippen LogP contribution in [0.4, 0.5) is 8.78 Å². The molecule has 1 aromatic carbocycles. The van der Waals surface area contributed by atoms with Crippen molar-refractivity contribution >= 4 is 15.9 Å². The van der Waals surface area contributed by atoms with Gasteiger partial charge in [0.05, 0.1) is 11.7 Å². The molecule has 0 amide bonds. The van der Waals surface area contributed by atoms with Crippen LogP contribution in [0.3, 0.4) is 0 Å². The molecule has 1 unspecified atom stereocenters. The molecule has 78 valence electrons. The molecule has 0 aliphatic heterocycles. The molecule has 0 aromatic heterocycles. The summed E-state index contributed by atoms with van der Waals surface area (Å²) >= 11 is 2.96. The summed E-state index contributed by atoms with van der Waals surface area (Å²) in [5, 5.41) is 12.1. The van der Waals surface area contributed by atoms with Crippen LogP contribution < -0.4 is 5.32 Å². The van der Waals surface area contributed by atoms with E-state index in [0.29, 0.717) is 4.47 Å². The van der Waals surface area contributed by atoms with E-state index in [4.69, 9.17) is 0 Å². The van der Waals surface area contributed by atoms with E-state index in [9.17, 15) is 13.9 Å². The van der Waals surface area contributed by atoms with Gasteiger partial charge in [-0.25, -0.2) is 8.78 Å². The van der Waals surface area contributed by atoms with Crippen molar-refractivity contribution in [3.63, 3.8) is 0 Å². The summed E-state index contributed by atoms with van der Waals surface area (Å²) in [6.07, 6.45) is -1.17. The Morgan fingerprint density at radius 1 is 1.43 bits per heavy atom. The SMILES string of the molecule is CNCC(O)c1c(F)cc(Br)cc1F. The average Bonchev–Trinajstić information content (AvgIpc) is 2.01. The number of benzene rings is 1. The number of rotatable bonds is 3. The fraction of sp³-hybridized carbons (Fsp3) is 0.333. The lowest BCUT2D eigenvalue weighted by molar-refractivity contribution is 0.168. The van der Waals surface area contributed by atoms with Gasteiger partial charge in [-0.3, -0.25) is 0 Å². The summed E-state index contributed by atoms with van der Waals surface area (Å²) in [5.74, 6) is -1.50. The molecule has 0 spiro atoms. The van der Waals surface area contributed by atoms with Gasteiger partial charge in [0, 0.05) is 11.0 Å². The summed E-state index contributed by atoms with van der Waals surface area (Å²) in [6.45, 7) is 0.107. The highest BCUT2D eigenvalue weighted by Gasteiger charge is 2.17. The highest BCUT2D eigenvalue weighted by Crippen LogP contribution is 2.24. The number of hydrogen-bond acceptors (Lipinski definition) is 2. The second-order valence-corrected chi connectivity index (χ2v) is 3.77. The van der Waals surface area contributed by atoms with Crippen molar-refractivity contribution in [2.24, 2.45) is 0 Å². The van der Waals surface area contributed by atoms with Crippen LogP contribution in [0.15, 0.2) is 16.6 Å². The molecule has 1 rings (SSSR count). The highest BCUT2D eigenvalue weighted by molar-refractivity contribution is 9.10. The van der Waals surface area contributed by atoms with E-state index in [1.165, 1.54) is 0 Å². The minimum absolute atomic E-state index is 0.107. The fourth-order valence-corrected chi connectivity index (χ4v) is 1.57. The Bertz CT molecular complexity index is 310. The Morgan fingerprint density at radius 3 is 2.36 bits per heavy atom. The summed E-state index contributed by atoms with van der Waals surface area (Å²) in [5.41, 5.74) is -0.303. The molecule has 0 radical (unpaired) electrons. The first-order valence-electron chi connectivity index (χ1n) is 4.03. The van der Waals surface area contributed by atoms with Crippen molar-refractivity contribution in [1.82, 2.24) is 5.32 Å². The van der Waals surface area contributed by atoms with Crippen LogP contribution in [0, 0.1) is 11.6 Å². The Kier molecular flexibility index (Phi) is 3.97. The van der Waals surface area contributed by atoms with Gasteiger partial charge in [-0.15, -0.1) is 0 Å². The zero-order valence-corrected chi connectivity index (χ0v) is 9.11. The van der Waals surface area contributed by atoms with Crippen molar-refractivity contribution in [2.45, 2.75) is 6.10 Å². The number of aliphatic hydroxyl groups excluding tert-OH is 1. The van der Waals surface area contributed by atoms with E-state index >= 15 is 0 Å². The van der Waals surface area contributed by atoms with Gasteiger partial charge in [0.2, 0.25) is 0 Å². The van der Waals surface area contributed by atoms with Crippen molar-refractivity contribution in [1.29, 1.82) is 0 Å². The average molecular weight is 266 g/mol. The van der Waals surface area contributed by atoms with Crippen LogP contribution in [0.5, 0.6) is 0 Å². The highest BCUT2D eigenvalue weighted by atomic mass is 79.9. The minimum Gasteiger partial charge on any atom is -0.387 e. The maximum Gasteiger partial charge on any atom is 0.133 e. The number of hydrogen-bond donors (Lipinski definition) is 2. The number of aliphatic hydroxyl groups is 1. The molecule has 0 aliphatic carbocycles. The van der Waals surface area contributed by atoms with E-state index in [-0.39, 0.29) is 12.1 Å². The quantitative estimate of drug-likeness (QED) is 0.876. The second-order valence-electron chi connectivity index (χ2n) is 2.86. The molecule has 14 heavy (non-hydrogen) atoms. The molecule has 0 bridgehead atoms. The summed E-state index contributed by atoms with van der Waals surface area (Å²) in [7, 11) is 1.60. The van der Waals surface area contributed by atoms with Crippen LogP contribution in [0.1, 0.15) is 11.7 Å². The number of nitrogens with one attached hydrogen (secondary N) is 1. The van der Waals surface area contributed by atoms with Crippen LogP contribution in [0.2, 0.25) is 0 Å². The standard InChI is InChI=1S/C9H10BrF2NO/c1-13-4-8(14)9-6(11)2-5(10)3-7(9)12/h2-3,8,13-14H,4H2,1H3. The van der Waals surface area contributed by atoms with Gasteiger partial charge in [0.25, 0.3) is 0 Å². The monoisotopic (exact) mass is 265 g/mol. The van der Waals surface area contributed by atoms with Crippen LogP contribution in [0.25, 0.3) is 0 Å². The first kappa shape index (κ1) is 11.6. The molecular weight excluding hydrogens is 256 g/mol. The molecule has 5 heteroatoms. The van der Waals surface area contributed by atoms with Crippen molar-refractivity contribution in [2.75, 3.05) is 13.6 Å². The Morgan fingerprint density at radius 2 is 1.93 bits per heavy atom. The van der Waals surface area contributed by atoms with E-state index in [1.807, 2.05) is 0 Å². The third kappa shape index (κ3) is 2.50. The normalized spacial score (nSPS) is 12.9. The fourth-order valence-electron chi connectivity index (χ4n) is 1.17. The molecule has 0 saturated heterocycles. The maximum atomic E-state index is 13.2. The van der Waals surface area contributed by atoms with Crippen molar-refractivity contribution in [3.8, 4) is 0 Å². The smallest absolute Gasteiger partial charge is 0.133 e. The summed E-state index contributed by atoms with van der Waals surface area (Å²) < 4.78 is 26.8. The van der Waals surface area contributed by atoms with Gasteiger partial charge >= 0.3 is 0 Å². The Labute approximate surface area is 89.1 Å². The largest absolute Gasteiger partial charge is 0.387 e. The first-order chi connectivity index (χ1) is 6.56. The first-order valence-corrected chi connectivity index (χ1v) is 4.82. The van der Waals surface area contributed by atoms with Gasteiger partial charge in [-0.05, 0) is 19.2 Å². The Balaban J connectivity index is 3.07. The van der Waals surface area contributed by atoms with Gasteiger partial charge < -0.3 is 10.4 Å². The van der Waals surface area contributed by atoms with Crippen molar-refractivity contribution < 1.29 is 13.9 Å². The number of likely N-dealkylation sites (N-methyl/N-ethyl adjacent to an activating group) is 1. The predicted molar refractivity (Wildman–Crippen MR) is 52.9 cm³/mol. The summed E-state index contributed by atoms with van der Waals surface area (Å²) in [6, 6.07) is 2.24. The molecule has 1 aromatic rings. The lowest BCUT2D eigenvalue weighted by atomic mass is 10.1.